The molecule has 0 spiro atoms. The van der Waals surface area contributed by atoms with Crippen molar-refractivity contribution in [1.82, 2.24) is 0 Å². The Hall–Kier alpha value is -3.00. The molecule has 0 saturated carbocycles. The van der Waals surface area contributed by atoms with Gasteiger partial charge in [0, 0.05) is 23.6 Å². The second kappa shape index (κ2) is 8.79. The Morgan fingerprint density at radius 3 is 1.97 bits per heavy atom. The minimum Gasteiger partial charge on any atom is -0.343 e. The summed E-state index contributed by atoms with van der Waals surface area (Å²) in [6, 6.07) is 28.8. The Kier molecular flexibility index (Phi) is 5.94. The van der Waals surface area contributed by atoms with Crippen LogP contribution in [0.4, 0.5) is 11.4 Å². The maximum Gasteiger partial charge on any atom is 0.132 e. The highest BCUT2D eigenvalue weighted by Gasteiger charge is 2.35. The maximum atomic E-state index is 2.58. The lowest BCUT2D eigenvalue weighted by molar-refractivity contribution is 0.575. The molecule has 2 heteroatoms. The van der Waals surface area contributed by atoms with E-state index in [1.165, 1.54) is 39.3 Å². The first-order chi connectivity index (χ1) is 14.6. The molecule has 3 aromatic carbocycles. The zero-order valence-corrected chi connectivity index (χ0v) is 18.6. The first-order valence-corrected chi connectivity index (χ1v) is 11.1. The minimum absolute atomic E-state index is 0.125. The van der Waals surface area contributed by atoms with Gasteiger partial charge in [0.1, 0.15) is 6.17 Å². The van der Waals surface area contributed by atoms with Crippen LogP contribution in [0.1, 0.15) is 49.5 Å². The molecule has 0 N–H and O–H groups in total. The molecule has 1 heterocycles. The molecule has 4 rings (SSSR count). The SMILES string of the molecule is CCC1=C(CC)N(c2cccc(C)c2)C(c2ccccc2)N(c2cccc(C)c2)C1. The largest absolute Gasteiger partial charge is 0.343 e. The lowest BCUT2D eigenvalue weighted by Gasteiger charge is -2.48. The van der Waals surface area contributed by atoms with Crippen molar-refractivity contribution in [2.75, 3.05) is 16.3 Å². The first-order valence-electron chi connectivity index (χ1n) is 11.1. The van der Waals surface area contributed by atoms with Crippen molar-refractivity contribution in [1.29, 1.82) is 0 Å². The highest BCUT2D eigenvalue weighted by molar-refractivity contribution is 5.64. The van der Waals surface area contributed by atoms with Gasteiger partial charge in [0.2, 0.25) is 0 Å². The fourth-order valence-corrected chi connectivity index (χ4v) is 4.65. The van der Waals surface area contributed by atoms with Gasteiger partial charge in [-0.25, -0.2) is 0 Å². The third-order valence-electron chi connectivity index (χ3n) is 6.07. The van der Waals surface area contributed by atoms with Crippen LogP contribution in [-0.2, 0) is 0 Å². The van der Waals surface area contributed by atoms with Crippen LogP contribution in [0, 0.1) is 13.8 Å². The third-order valence-corrected chi connectivity index (χ3v) is 6.07. The fourth-order valence-electron chi connectivity index (χ4n) is 4.65. The molecule has 154 valence electrons. The quantitative estimate of drug-likeness (QED) is 0.443. The molecular formula is C28H32N2. The Balaban J connectivity index is 1.96. The number of hydrogen-bond donors (Lipinski definition) is 0. The van der Waals surface area contributed by atoms with Gasteiger partial charge in [0.15, 0.2) is 0 Å². The van der Waals surface area contributed by atoms with Crippen molar-refractivity contribution < 1.29 is 0 Å². The summed E-state index contributed by atoms with van der Waals surface area (Å²) >= 11 is 0. The van der Waals surface area contributed by atoms with Crippen LogP contribution in [0.3, 0.4) is 0 Å². The van der Waals surface area contributed by atoms with Crippen LogP contribution in [0.2, 0.25) is 0 Å². The predicted octanol–water partition coefficient (Wildman–Crippen LogP) is 7.40. The van der Waals surface area contributed by atoms with E-state index in [-0.39, 0.29) is 6.17 Å². The molecule has 0 aromatic heterocycles. The molecular weight excluding hydrogens is 364 g/mol. The topological polar surface area (TPSA) is 6.48 Å². The van der Waals surface area contributed by atoms with Crippen LogP contribution in [0.25, 0.3) is 0 Å². The molecule has 1 aliphatic heterocycles. The van der Waals surface area contributed by atoms with E-state index in [2.05, 4.69) is 116 Å². The molecule has 3 aromatic rings. The lowest BCUT2D eigenvalue weighted by atomic mass is 9.97. The summed E-state index contributed by atoms with van der Waals surface area (Å²) in [7, 11) is 0. The van der Waals surface area contributed by atoms with E-state index in [9.17, 15) is 0 Å². The highest BCUT2D eigenvalue weighted by atomic mass is 15.4. The number of hydrogen-bond acceptors (Lipinski definition) is 2. The molecule has 2 nitrogen and oxygen atoms in total. The predicted molar refractivity (Wildman–Crippen MR) is 129 cm³/mol. The van der Waals surface area contributed by atoms with Gasteiger partial charge < -0.3 is 9.80 Å². The number of anilines is 2. The Bertz CT molecular complexity index is 1040. The summed E-state index contributed by atoms with van der Waals surface area (Å²) in [5, 5.41) is 0. The van der Waals surface area contributed by atoms with E-state index < -0.39 is 0 Å². The van der Waals surface area contributed by atoms with Gasteiger partial charge in [-0.3, -0.25) is 0 Å². The molecule has 0 fully saturated rings. The number of aryl methyl sites for hydroxylation is 2. The molecule has 30 heavy (non-hydrogen) atoms. The summed E-state index contributed by atoms with van der Waals surface area (Å²) in [6.07, 6.45) is 2.22. The maximum absolute atomic E-state index is 2.58. The average Bonchev–Trinajstić information content (AvgIpc) is 2.78. The van der Waals surface area contributed by atoms with Crippen molar-refractivity contribution >= 4 is 11.4 Å². The third kappa shape index (κ3) is 3.87. The van der Waals surface area contributed by atoms with Gasteiger partial charge in [-0.05, 0) is 73.2 Å². The average molecular weight is 397 g/mol. The van der Waals surface area contributed by atoms with Crippen LogP contribution in [0.15, 0.2) is 90.1 Å². The van der Waals surface area contributed by atoms with E-state index in [1.54, 1.807) is 0 Å². The summed E-state index contributed by atoms with van der Waals surface area (Å²) in [5.74, 6) is 0. The second-order valence-corrected chi connectivity index (χ2v) is 8.22. The molecule has 0 saturated heterocycles. The Labute approximate surface area is 181 Å². The molecule has 0 bridgehead atoms. The van der Waals surface area contributed by atoms with Crippen molar-refractivity contribution in [3.05, 3.63) is 107 Å². The van der Waals surface area contributed by atoms with Crippen molar-refractivity contribution in [2.24, 2.45) is 0 Å². The molecule has 1 atom stereocenters. The standard InChI is InChI=1S/C28H32N2/c1-5-23-20-29(25-16-10-12-21(3)18-25)28(24-14-8-7-9-15-24)30(27(23)6-2)26-17-11-13-22(4)19-26/h7-19,28H,5-6,20H2,1-4H3. The van der Waals surface area contributed by atoms with E-state index in [4.69, 9.17) is 0 Å². The Morgan fingerprint density at radius 2 is 1.37 bits per heavy atom. The van der Waals surface area contributed by atoms with Crippen LogP contribution >= 0.6 is 0 Å². The van der Waals surface area contributed by atoms with Gasteiger partial charge in [0.05, 0.1) is 0 Å². The smallest absolute Gasteiger partial charge is 0.132 e. The van der Waals surface area contributed by atoms with Crippen LogP contribution < -0.4 is 9.80 Å². The summed E-state index contributed by atoms with van der Waals surface area (Å²) in [6.45, 7) is 9.90. The van der Waals surface area contributed by atoms with Gasteiger partial charge in [-0.1, -0.05) is 68.4 Å². The van der Waals surface area contributed by atoms with Crippen molar-refractivity contribution in [3.8, 4) is 0 Å². The molecule has 1 unspecified atom stereocenters. The summed E-state index contributed by atoms with van der Waals surface area (Å²) in [4.78, 5) is 5.15. The fraction of sp³-hybridized carbons (Fsp3) is 0.286. The number of benzene rings is 3. The van der Waals surface area contributed by atoms with Gasteiger partial charge in [-0.15, -0.1) is 0 Å². The van der Waals surface area contributed by atoms with Crippen LogP contribution in [0.5, 0.6) is 0 Å². The highest BCUT2D eigenvalue weighted by Crippen LogP contribution is 2.42. The van der Waals surface area contributed by atoms with E-state index in [0.29, 0.717) is 0 Å². The first kappa shape index (κ1) is 20.3. The Morgan fingerprint density at radius 1 is 0.733 bits per heavy atom. The lowest BCUT2D eigenvalue weighted by Crippen LogP contribution is -2.47. The molecule has 1 aliphatic rings. The van der Waals surface area contributed by atoms with E-state index in [0.717, 1.165) is 19.4 Å². The number of rotatable bonds is 5. The number of nitrogens with zero attached hydrogens (tertiary/aromatic N) is 2. The van der Waals surface area contributed by atoms with Crippen LogP contribution in [-0.4, -0.2) is 6.54 Å². The number of allylic oxidation sites excluding steroid dienone is 1. The molecule has 0 radical (unpaired) electrons. The summed E-state index contributed by atoms with van der Waals surface area (Å²) < 4.78 is 0. The normalized spacial score (nSPS) is 16.9. The van der Waals surface area contributed by atoms with Gasteiger partial charge in [-0.2, -0.15) is 0 Å². The summed E-state index contributed by atoms with van der Waals surface area (Å²) in [5.41, 5.74) is 9.44. The van der Waals surface area contributed by atoms with Gasteiger partial charge in [0.25, 0.3) is 0 Å². The monoisotopic (exact) mass is 396 g/mol. The zero-order chi connectivity index (χ0) is 21.1. The van der Waals surface area contributed by atoms with Gasteiger partial charge >= 0.3 is 0 Å². The van der Waals surface area contributed by atoms with Crippen molar-refractivity contribution in [2.45, 2.75) is 46.7 Å². The zero-order valence-electron chi connectivity index (χ0n) is 18.6. The molecule has 0 aliphatic carbocycles. The van der Waals surface area contributed by atoms with E-state index in [1.807, 2.05) is 0 Å². The second-order valence-electron chi connectivity index (χ2n) is 8.22. The van der Waals surface area contributed by atoms with E-state index >= 15 is 0 Å². The molecule has 0 amide bonds. The van der Waals surface area contributed by atoms with Crippen molar-refractivity contribution in [3.63, 3.8) is 0 Å². The minimum atomic E-state index is 0.125.